The van der Waals surface area contributed by atoms with Crippen LogP contribution in [0.4, 0.5) is 0 Å². The van der Waals surface area contributed by atoms with E-state index in [-0.39, 0.29) is 0 Å². The highest BCUT2D eigenvalue weighted by atomic mass is 16.4. The summed E-state index contributed by atoms with van der Waals surface area (Å²) in [6.07, 6.45) is 0.973. The summed E-state index contributed by atoms with van der Waals surface area (Å²) in [7, 11) is 0. The molecular formula is C14H15NO2. The van der Waals surface area contributed by atoms with Crippen molar-refractivity contribution in [1.82, 2.24) is 4.90 Å². The van der Waals surface area contributed by atoms with E-state index in [9.17, 15) is 4.79 Å². The van der Waals surface area contributed by atoms with Gasteiger partial charge in [0, 0.05) is 13.1 Å². The number of rotatable bonds is 2. The lowest BCUT2D eigenvalue weighted by atomic mass is 9.97. The van der Waals surface area contributed by atoms with Gasteiger partial charge in [-0.1, -0.05) is 12.0 Å². The van der Waals surface area contributed by atoms with Crippen molar-refractivity contribution in [3.05, 3.63) is 34.9 Å². The van der Waals surface area contributed by atoms with Crippen molar-refractivity contribution in [2.24, 2.45) is 0 Å². The minimum Gasteiger partial charge on any atom is -0.478 e. The third kappa shape index (κ3) is 2.66. The summed E-state index contributed by atoms with van der Waals surface area (Å²) < 4.78 is 0. The fraction of sp³-hybridized carbons (Fsp3) is 0.357. The molecule has 17 heavy (non-hydrogen) atoms. The van der Waals surface area contributed by atoms with Crippen molar-refractivity contribution in [2.45, 2.75) is 19.9 Å². The summed E-state index contributed by atoms with van der Waals surface area (Å²) >= 11 is 0. The smallest absolute Gasteiger partial charge is 0.335 e. The van der Waals surface area contributed by atoms with Gasteiger partial charge in [0.1, 0.15) is 0 Å². The highest BCUT2D eigenvalue weighted by Crippen LogP contribution is 2.20. The first-order chi connectivity index (χ1) is 8.20. The Morgan fingerprint density at radius 2 is 2.29 bits per heavy atom. The van der Waals surface area contributed by atoms with Crippen LogP contribution in [0.25, 0.3) is 0 Å². The van der Waals surface area contributed by atoms with Crippen LogP contribution >= 0.6 is 0 Å². The molecule has 0 saturated carbocycles. The first kappa shape index (κ1) is 11.7. The van der Waals surface area contributed by atoms with E-state index in [0.717, 1.165) is 31.6 Å². The van der Waals surface area contributed by atoms with Crippen LogP contribution in [-0.2, 0) is 13.0 Å². The maximum Gasteiger partial charge on any atom is 0.335 e. The van der Waals surface area contributed by atoms with Crippen LogP contribution in [0.15, 0.2) is 18.2 Å². The van der Waals surface area contributed by atoms with Crippen molar-refractivity contribution in [2.75, 3.05) is 13.1 Å². The highest BCUT2D eigenvalue weighted by Gasteiger charge is 2.16. The maximum atomic E-state index is 10.9. The van der Waals surface area contributed by atoms with Gasteiger partial charge in [-0.15, -0.1) is 5.92 Å². The predicted molar refractivity (Wildman–Crippen MR) is 65.8 cm³/mol. The molecule has 3 nitrogen and oxygen atoms in total. The summed E-state index contributed by atoms with van der Waals surface area (Å²) in [6.45, 7) is 4.38. The second-order valence-corrected chi connectivity index (χ2v) is 4.18. The highest BCUT2D eigenvalue weighted by molar-refractivity contribution is 5.87. The Morgan fingerprint density at radius 3 is 3.00 bits per heavy atom. The zero-order chi connectivity index (χ0) is 12.3. The molecule has 0 amide bonds. The summed E-state index contributed by atoms with van der Waals surface area (Å²) in [6, 6.07) is 5.40. The van der Waals surface area contributed by atoms with Gasteiger partial charge in [-0.2, -0.15) is 0 Å². The molecule has 0 aromatic heterocycles. The SMILES string of the molecule is CC#CCN1CCc2ccc(C(=O)O)cc2C1. The largest absolute Gasteiger partial charge is 0.478 e. The van der Waals surface area contributed by atoms with E-state index in [1.54, 1.807) is 12.1 Å². The summed E-state index contributed by atoms with van der Waals surface area (Å²) in [5.41, 5.74) is 2.75. The van der Waals surface area contributed by atoms with Gasteiger partial charge in [-0.25, -0.2) is 4.79 Å². The van der Waals surface area contributed by atoms with Crippen LogP contribution in [0, 0.1) is 11.8 Å². The zero-order valence-electron chi connectivity index (χ0n) is 9.86. The second-order valence-electron chi connectivity index (χ2n) is 4.18. The van der Waals surface area contributed by atoms with Gasteiger partial charge in [0.2, 0.25) is 0 Å². The van der Waals surface area contributed by atoms with E-state index in [0.29, 0.717) is 5.56 Å². The number of hydrogen-bond donors (Lipinski definition) is 1. The molecule has 0 unspecified atom stereocenters. The van der Waals surface area contributed by atoms with Gasteiger partial charge in [0.15, 0.2) is 0 Å². The Labute approximate surface area is 101 Å². The maximum absolute atomic E-state index is 10.9. The number of carboxylic acids is 1. The van der Waals surface area contributed by atoms with E-state index in [1.165, 1.54) is 5.56 Å². The Balaban J connectivity index is 2.19. The third-order valence-corrected chi connectivity index (χ3v) is 3.02. The molecule has 0 atom stereocenters. The van der Waals surface area contributed by atoms with Gasteiger partial charge < -0.3 is 5.11 Å². The van der Waals surface area contributed by atoms with Gasteiger partial charge in [0.25, 0.3) is 0 Å². The van der Waals surface area contributed by atoms with Crippen molar-refractivity contribution >= 4 is 5.97 Å². The van der Waals surface area contributed by atoms with Gasteiger partial charge >= 0.3 is 5.97 Å². The Hall–Kier alpha value is -1.79. The van der Waals surface area contributed by atoms with Gasteiger partial charge in [-0.3, -0.25) is 4.90 Å². The van der Waals surface area contributed by atoms with E-state index >= 15 is 0 Å². The Morgan fingerprint density at radius 1 is 1.47 bits per heavy atom. The number of carboxylic acid groups (broad SMARTS) is 1. The van der Waals surface area contributed by atoms with Crippen molar-refractivity contribution in [3.8, 4) is 11.8 Å². The molecule has 0 aliphatic carbocycles. The fourth-order valence-electron chi connectivity index (χ4n) is 2.07. The van der Waals surface area contributed by atoms with Crippen molar-refractivity contribution < 1.29 is 9.90 Å². The Bertz CT molecular complexity index is 497. The molecule has 1 aliphatic rings. The van der Waals surface area contributed by atoms with E-state index in [1.807, 2.05) is 13.0 Å². The van der Waals surface area contributed by atoms with Crippen LogP contribution < -0.4 is 0 Å². The molecule has 1 aromatic rings. The lowest BCUT2D eigenvalue weighted by Gasteiger charge is -2.27. The first-order valence-corrected chi connectivity index (χ1v) is 5.68. The molecule has 1 N–H and O–H groups in total. The molecule has 1 aliphatic heterocycles. The van der Waals surface area contributed by atoms with Crippen molar-refractivity contribution in [1.29, 1.82) is 0 Å². The van der Waals surface area contributed by atoms with Crippen LogP contribution in [0.3, 0.4) is 0 Å². The average Bonchev–Trinajstić information content (AvgIpc) is 2.35. The summed E-state index contributed by atoms with van der Waals surface area (Å²) in [5.74, 6) is 5.07. The average molecular weight is 229 g/mol. The molecule has 1 aromatic carbocycles. The molecule has 0 bridgehead atoms. The molecule has 0 saturated heterocycles. The van der Waals surface area contributed by atoms with Crippen molar-refractivity contribution in [3.63, 3.8) is 0 Å². The number of fused-ring (bicyclic) bond motifs is 1. The second kappa shape index (κ2) is 5.03. The molecule has 2 rings (SSSR count). The number of nitrogens with zero attached hydrogens (tertiary/aromatic N) is 1. The standard InChI is InChI=1S/C14H15NO2/c1-2-3-7-15-8-6-11-4-5-12(14(16)17)9-13(11)10-15/h4-5,9H,6-8,10H2,1H3,(H,16,17). The monoisotopic (exact) mass is 229 g/mol. The lowest BCUT2D eigenvalue weighted by Crippen LogP contribution is -2.31. The van der Waals surface area contributed by atoms with Crippen LogP contribution in [0.1, 0.15) is 28.4 Å². The molecule has 0 spiro atoms. The third-order valence-electron chi connectivity index (χ3n) is 3.02. The summed E-state index contributed by atoms with van der Waals surface area (Å²) in [5, 5.41) is 8.96. The van der Waals surface area contributed by atoms with Gasteiger partial charge in [-0.05, 0) is 36.6 Å². The lowest BCUT2D eigenvalue weighted by molar-refractivity contribution is 0.0696. The van der Waals surface area contributed by atoms with E-state index < -0.39 is 5.97 Å². The topological polar surface area (TPSA) is 40.5 Å². The number of benzene rings is 1. The normalized spacial score (nSPS) is 14.6. The van der Waals surface area contributed by atoms with Crippen LogP contribution in [0.5, 0.6) is 0 Å². The number of hydrogen-bond acceptors (Lipinski definition) is 2. The van der Waals surface area contributed by atoms with E-state index in [2.05, 4.69) is 16.7 Å². The van der Waals surface area contributed by atoms with E-state index in [4.69, 9.17) is 5.11 Å². The zero-order valence-corrected chi connectivity index (χ0v) is 9.86. The number of aromatic carboxylic acids is 1. The molecule has 1 heterocycles. The number of carbonyl (C=O) groups is 1. The fourth-order valence-corrected chi connectivity index (χ4v) is 2.07. The molecular weight excluding hydrogens is 214 g/mol. The first-order valence-electron chi connectivity index (χ1n) is 5.68. The Kier molecular flexibility index (Phi) is 3.46. The van der Waals surface area contributed by atoms with Crippen LogP contribution in [-0.4, -0.2) is 29.1 Å². The molecule has 0 fully saturated rings. The van der Waals surface area contributed by atoms with Crippen LogP contribution in [0.2, 0.25) is 0 Å². The van der Waals surface area contributed by atoms with Gasteiger partial charge in [0.05, 0.1) is 12.1 Å². The molecule has 3 heteroatoms. The predicted octanol–water partition coefficient (Wildman–Crippen LogP) is 1.77. The minimum absolute atomic E-state index is 0.368. The molecule has 88 valence electrons. The quantitative estimate of drug-likeness (QED) is 0.786. The summed E-state index contributed by atoms with van der Waals surface area (Å²) in [4.78, 5) is 13.1. The minimum atomic E-state index is -0.863. The molecule has 0 radical (unpaired) electrons.